The molecule has 0 aliphatic rings. The van der Waals surface area contributed by atoms with Crippen molar-refractivity contribution in [3.05, 3.63) is 69.0 Å². The molecule has 0 saturated carbocycles. The smallest absolute Gasteiger partial charge is 0.251 e. The maximum Gasteiger partial charge on any atom is 0.251 e. The Balaban J connectivity index is 1.94. The lowest BCUT2D eigenvalue weighted by atomic mass is 10.0. The molecule has 3 rings (SSSR count). The zero-order valence-electron chi connectivity index (χ0n) is 13.9. The molecule has 0 aliphatic carbocycles. The standard InChI is InChI=1S/C18H19ClN4O/c1-4-13-5-6-15(16(19)7-13)11(2)23-10-14(9-20-23)17-8-18(24)22-12(3)21-17/h5-11H,4H2,1-3H3,(H,21,22,24). The summed E-state index contributed by atoms with van der Waals surface area (Å²) < 4.78 is 1.83. The average molecular weight is 343 g/mol. The lowest BCUT2D eigenvalue weighted by molar-refractivity contribution is 0.564. The van der Waals surface area contributed by atoms with Crippen molar-refractivity contribution < 1.29 is 0 Å². The third-order valence-electron chi connectivity index (χ3n) is 4.08. The van der Waals surface area contributed by atoms with E-state index in [2.05, 4.69) is 28.1 Å². The van der Waals surface area contributed by atoms with Crippen LogP contribution < -0.4 is 5.56 Å². The van der Waals surface area contributed by atoms with Gasteiger partial charge in [0.25, 0.3) is 5.56 Å². The van der Waals surface area contributed by atoms with Gasteiger partial charge in [-0.05, 0) is 37.5 Å². The summed E-state index contributed by atoms with van der Waals surface area (Å²) in [7, 11) is 0. The highest BCUT2D eigenvalue weighted by Gasteiger charge is 2.14. The van der Waals surface area contributed by atoms with Crippen molar-refractivity contribution in [2.24, 2.45) is 0 Å². The van der Waals surface area contributed by atoms with Crippen molar-refractivity contribution in [2.75, 3.05) is 0 Å². The molecule has 2 heterocycles. The molecule has 1 N–H and O–H groups in total. The molecule has 3 aromatic rings. The number of nitrogens with one attached hydrogen (secondary N) is 1. The summed E-state index contributed by atoms with van der Waals surface area (Å²) in [6, 6.07) is 7.59. The normalized spacial score (nSPS) is 12.3. The first kappa shape index (κ1) is 16.5. The molecule has 0 aliphatic heterocycles. The van der Waals surface area contributed by atoms with Gasteiger partial charge in [-0.25, -0.2) is 4.98 Å². The number of benzene rings is 1. The van der Waals surface area contributed by atoms with E-state index in [0.29, 0.717) is 11.5 Å². The van der Waals surface area contributed by atoms with Crippen LogP contribution in [0.25, 0.3) is 11.3 Å². The topological polar surface area (TPSA) is 63.6 Å². The fraction of sp³-hybridized carbons (Fsp3) is 0.278. The number of nitrogens with zero attached hydrogens (tertiary/aromatic N) is 3. The zero-order valence-corrected chi connectivity index (χ0v) is 14.6. The van der Waals surface area contributed by atoms with Gasteiger partial charge in [-0.1, -0.05) is 30.7 Å². The van der Waals surface area contributed by atoms with Gasteiger partial charge in [0.15, 0.2) is 0 Å². The van der Waals surface area contributed by atoms with Crippen LogP contribution in [-0.4, -0.2) is 19.7 Å². The highest BCUT2D eigenvalue weighted by atomic mass is 35.5. The van der Waals surface area contributed by atoms with Crippen molar-refractivity contribution in [1.82, 2.24) is 19.7 Å². The van der Waals surface area contributed by atoms with E-state index >= 15 is 0 Å². The summed E-state index contributed by atoms with van der Waals surface area (Å²) in [4.78, 5) is 18.6. The van der Waals surface area contributed by atoms with Gasteiger partial charge in [-0.3, -0.25) is 9.48 Å². The lowest BCUT2D eigenvalue weighted by Crippen LogP contribution is -2.09. The molecule has 1 aromatic carbocycles. The van der Waals surface area contributed by atoms with E-state index in [-0.39, 0.29) is 11.6 Å². The summed E-state index contributed by atoms with van der Waals surface area (Å²) in [6.07, 6.45) is 4.55. The molecule has 124 valence electrons. The Morgan fingerprint density at radius 2 is 2.12 bits per heavy atom. The largest absolute Gasteiger partial charge is 0.311 e. The summed E-state index contributed by atoms with van der Waals surface area (Å²) in [6.45, 7) is 5.90. The number of hydrogen-bond acceptors (Lipinski definition) is 3. The van der Waals surface area contributed by atoms with Crippen LogP contribution >= 0.6 is 11.6 Å². The zero-order chi connectivity index (χ0) is 17.3. The van der Waals surface area contributed by atoms with Crippen LogP contribution in [0.5, 0.6) is 0 Å². The Labute approximate surface area is 145 Å². The maximum atomic E-state index is 11.6. The molecule has 0 amide bonds. The number of aromatic amines is 1. The third kappa shape index (κ3) is 3.26. The molecule has 0 fully saturated rings. The predicted octanol–water partition coefficient (Wildman–Crippen LogP) is 3.77. The van der Waals surface area contributed by atoms with Crippen LogP contribution in [0.2, 0.25) is 5.02 Å². The maximum absolute atomic E-state index is 11.6. The van der Waals surface area contributed by atoms with Crippen LogP contribution in [0, 0.1) is 6.92 Å². The van der Waals surface area contributed by atoms with Crippen molar-refractivity contribution in [1.29, 1.82) is 0 Å². The highest BCUT2D eigenvalue weighted by Crippen LogP contribution is 2.28. The third-order valence-corrected chi connectivity index (χ3v) is 4.40. The van der Waals surface area contributed by atoms with Crippen molar-refractivity contribution in [2.45, 2.75) is 33.2 Å². The quantitative estimate of drug-likeness (QED) is 0.785. The summed E-state index contributed by atoms with van der Waals surface area (Å²) in [5.41, 5.74) is 3.47. The second kappa shape index (κ2) is 6.61. The van der Waals surface area contributed by atoms with E-state index in [0.717, 1.165) is 22.6 Å². The molecule has 0 bridgehead atoms. The minimum absolute atomic E-state index is 0.0137. The van der Waals surface area contributed by atoms with E-state index in [1.807, 2.05) is 29.9 Å². The summed E-state index contributed by atoms with van der Waals surface area (Å²) >= 11 is 6.42. The fourth-order valence-corrected chi connectivity index (χ4v) is 3.04. The minimum atomic E-state index is -0.170. The van der Waals surface area contributed by atoms with Crippen LogP contribution in [0.15, 0.2) is 41.5 Å². The van der Waals surface area contributed by atoms with E-state index in [4.69, 9.17) is 11.6 Å². The number of halogens is 1. The molecule has 0 radical (unpaired) electrons. The molecule has 2 aromatic heterocycles. The van der Waals surface area contributed by atoms with Crippen molar-refractivity contribution in [3.8, 4) is 11.3 Å². The monoisotopic (exact) mass is 342 g/mol. The van der Waals surface area contributed by atoms with Gasteiger partial charge in [0.1, 0.15) is 5.82 Å². The Kier molecular flexibility index (Phi) is 4.53. The average Bonchev–Trinajstić information content (AvgIpc) is 3.03. The van der Waals surface area contributed by atoms with E-state index in [9.17, 15) is 4.79 Å². The summed E-state index contributed by atoms with van der Waals surface area (Å²) in [5, 5.41) is 5.16. The number of aryl methyl sites for hydroxylation is 2. The molecular weight excluding hydrogens is 324 g/mol. The van der Waals surface area contributed by atoms with Crippen LogP contribution in [0.1, 0.15) is 36.8 Å². The molecule has 0 saturated heterocycles. The van der Waals surface area contributed by atoms with Gasteiger partial charge in [-0.2, -0.15) is 5.10 Å². The number of hydrogen-bond donors (Lipinski definition) is 1. The van der Waals surface area contributed by atoms with Crippen molar-refractivity contribution in [3.63, 3.8) is 0 Å². The van der Waals surface area contributed by atoms with Crippen LogP contribution in [-0.2, 0) is 6.42 Å². The number of H-pyrrole nitrogens is 1. The molecule has 1 atom stereocenters. The Hall–Kier alpha value is -2.40. The number of rotatable bonds is 4. The molecule has 1 unspecified atom stereocenters. The lowest BCUT2D eigenvalue weighted by Gasteiger charge is -2.15. The van der Waals surface area contributed by atoms with Gasteiger partial charge in [-0.15, -0.1) is 0 Å². The van der Waals surface area contributed by atoms with Crippen molar-refractivity contribution >= 4 is 11.6 Å². The molecule has 6 heteroatoms. The van der Waals surface area contributed by atoms with Crippen LogP contribution in [0.4, 0.5) is 0 Å². The highest BCUT2D eigenvalue weighted by molar-refractivity contribution is 6.31. The first-order valence-electron chi connectivity index (χ1n) is 7.88. The second-order valence-corrected chi connectivity index (χ2v) is 6.22. The fourth-order valence-electron chi connectivity index (χ4n) is 2.68. The van der Waals surface area contributed by atoms with Gasteiger partial charge < -0.3 is 4.98 Å². The molecular formula is C18H19ClN4O. The first-order chi connectivity index (χ1) is 11.5. The predicted molar refractivity (Wildman–Crippen MR) is 95.5 cm³/mol. The minimum Gasteiger partial charge on any atom is -0.311 e. The second-order valence-electron chi connectivity index (χ2n) is 5.81. The summed E-state index contributed by atoms with van der Waals surface area (Å²) in [5.74, 6) is 0.580. The van der Waals surface area contributed by atoms with Gasteiger partial charge in [0.05, 0.1) is 17.9 Å². The van der Waals surface area contributed by atoms with E-state index < -0.39 is 0 Å². The van der Waals surface area contributed by atoms with Gasteiger partial charge in [0, 0.05) is 22.8 Å². The van der Waals surface area contributed by atoms with E-state index in [1.165, 1.54) is 11.6 Å². The van der Waals surface area contributed by atoms with Gasteiger partial charge >= 0.3 is 0 Å². The molecule has 24 heavy (non-hydrogen) atoms. The Morgan fingerprint density at radius 3 is 2.79 bits per heavy atom. The van der Waals surface area contributed by atoms with Crippen LogP contribution in [0.3, 0.4) is 0 Å². The molecule has 5 nitrogen and oxygen atoms in total. The Bertz CT molecular complexity index is 929. The SMILES string of the molecule is CCc1ccc(C(C)n2cc(-c3cc(=O)[nH]c(C)n3)cn2)c(Cl)c1. The first-order valence-corrected chi connectivity index (χ1v) is 8.26. The number of aromatic nitrogens is 4. The molecule has 0 spiro atoms. The Morgan fingerprint density at radius 1 is 1.33 bits per heavy atom. The van der Waals surface area contributed by atoms with E-state index in [1.54, 1.807) is 13.1 Å². The van der Waals surface area contributed by atoms with Gasteiger partial charge in [0.2, 0.25) is 0 Å².